The van der Waals surface area contributed by atoms with Crippen LogP contribution in [0.1, 0.15) is 63.7 Å². The van der Waals surface area contributed by atoms with Gasteiger partial charge in [0.05, 0.1) is 31.9 Å². The van der Waals surface area contributed by atoms with E-state index in [0.717, 1.165) is 4.57 Å². The summed E-state index contributed by atoms with van der Waals surface area (Å²) in [4.78, 5) is 56.5. The maximum Gasteiger partial charge on any atom is 0.356 e. The van der Waals surface area contributed by atoms with Gasteiger partial charge in [0.25, 0.3) is 5.56 Å². The Morgan fingerprint density at radius 3 is 2.35 bits per heavy atom. The zero-order valence-corrected chi connectivity index (χ0v) is 22.2. The number of carbonyl (C=O) groups is 2. The lowest BCUT2D eigenvalue weighted by Gasteiger charge is -2.28. The largest absolute Gasteiger partial charge is 0.496 e. The van der Waals surface area contributed by atoms with Crippen LogP contribution < -0.4 is 16.0 Å². The number of hydrogen-bond acceptors (Lipinski definition) is 8. The summed E-state index contributed by atoms with van der Waals surface area (Å²) in [7, 11) is 1.54. The Kier molecular flexibility index (Phi) is 8.32. The van der Waals surface area contributed by atoms with Crippen molar-refractivity contribution in [3.05, 3.63) is 68.5 Å². The number of esters is 1. The Labute approximate surface area is 214 Å². The van der Waals surface area contributed by atoms with E-state index < -0.39 is 28.9 Å². The number of aromatic nitrogens is 3. The van der Waals surface area contributed by atoms with Crippen LogP contribution in [-0.4, -0.2) is 45.7 Å². The molecule has 10 heteroatoms. The molecule has 198 valence electrons. The first-order valence-corrected chi connectivity index (χ1v) is 12.1. The number of ketones is 1. The number of carbonyl (C=O) groups excluding carboxylic acids is 2. The molecule has 1 atom stereocenters. The highest BCUT2D eigenvalue weighted by Gasteiger charge is 2.33. The summed E-state index contributed by atoms with van der Waals surface area (Å²) >= 11 is 0. The fraction of sp³-hybridized carbons (Fsp3) is 0.444. The Morgan fingerprint density at radius 1 is 1.08 bits per heavy atom. The number of para-hydroxylation sites is 1. The van der Waals surface area contributed by atoms with Crippen LogP contribution in [0.4, 0.5) is 0 Å². The third-order valence-corrected chi connectivity index (χ3v) is 6.17. The first kappa shape index (κ1) is 27.8. The molecule has 37 heavy (non-hydrogen) atoms. The SMILES string of the molecule is CCOC(=O)c1ccc2c(n1)c(=O)n(C(C)(C)C(C)=O)c(=O)n2C[C@H](OC(C)C)c1ccccc1OC. The maximum absolute atomic E-state index is 13.9. The van der Waals surface area contributed by atoms with Gasteiger partial charge >= 0.3 is 11.7 Å². The molecule has 0 saturated heterocycles. The quantitative estimate of drug-likeness (QED) is 0.381. The van der Waals surface area contributed by atoms with E-state index in [4.69, 9.17) is 14.2 Å². The lowest BCUT2D eigenvalue weighted by molar-refractivity contribution is -0.124. The van der Waals surface area contributed by atoms with Gasteiger partial charge in [-0.25, -0.2) is 19.1 Å². The zero-order chi connectivity index (χ0) is 27.5. The minimum absolute atomic E-state index is 0.0113. The average molecular weight is 512 g/mol. The van der Waals surface area contributed by atoms with Crippen molar-refractivity contribution >= 4 is 22.8 Å². The van der Waals surface area contributed by atoms with Crippen molar-refractivity contribution in [3.8, 4) is 5.75 Å². The molecule has 10 nitrogen and oxygen atoms in total. The summed E-state index contributed by atoms with van der Waals surface area (Å²) in [6, 6.07) is 10.2. The Morgan fingerprint density at radius 2 is 1.76 bits per heavy atom. The Bertz CT molecular complexity index is 1440. The summed E-state index contributed by atoms with van der Waals surface area (Å²) in [5.74, 6) is -0.515. The molecule has 0 saturated carbocycles. The van der Waals surface area contributed by atoms with E-state index >= 15 is 0 Å². The molecular weight excluding hydrogens is 478 g/mol. The van der Waals surface area contributed by atoms with Crippen LogP contribution >= 0.6 is 0 Å². The van der Waals surface area contributed by atoms with Gasteiger partial charge in [-0.15, -0.1) is 0 Å². The summed E-state index contributed by atoms with van der Waals surface area (Å²) in [6.45, 7) is 9.81. The van der Waals surface area contributed by atoms with Crippen molar-refractivity contribution in [2.45, 2.75) is 65.8 Å². The molecule has 0 aliphatic carbocycles. The molecule has 0 bridgehead atoms. The normalized spacial score (nSPS) is 12.5. The monoisotopic (exact) mass is 511 g/mol. The molecule has 3 rings (SSSR count). The van der Waals surface area contributed by atoms with E-state index in [0.29, 0.717) is 11.3 Å². The highest BCUT2D eigenvalue weighted by Crippen LogP contribution is 2.30. The second kappa shape index (κ2) is 11.1. The lowest BCUT2D eigenvalue weighted by atomic mass is 10.00. The molecule has 0 fully saturated rings. The Hall–Kier alpha value is -3.79. The second-order valence-electron chi connectivity index (χ2n) is 9.35. The number of methoxy groups -OCH3 is 1. The number of hydrogen-bond donors (Lipinski definition) is 0. The average Bonchev–Trinajstić information content (AvgIpc) is 2.85. The van der Waals surface area contributed by atoms with Gasteiger partial charge in [0.1, 0.15) is 23.1 Å². The van der Waals surface area contributed by atoms with Gasteiger partial charge in [0, 0.05) is 5.56 Å². The van der Waals surface area contributed by atoms with Crippen molar-refractivity contribution in [1.82, 2.24) is 14.1 Å². The summed E-state index contributed by atoms with van der Waals surface area (Å²) in [6.07, 6.45) is -0.849. The second-order valence-corrected chi connectivity index (χ2v) is 9.35. The summed E-state index contributed by atoms with van der Waals surface area (Å²) in [5, 5.41) is 0. The van der Waals surface area contributed by atoms with Crippen molar-refractivity contribution in [3.63, 3.8) is 0 Å². The number of ether oxygens (including phenoxy) is 3. The van der Waals surface area contributed by atoms with Gasteiger partial charge in [-0.1, -0.05) is 18.2 Å². The minimum Gasteiger partial charge on any atom is -0.496 e. The van der Waals surface area contributed by atoms with Crippen LogP contribution in [-0.2, 0) is 26.4 Å². The van der Waals surface area contributed by atoms with E-state index in [1.807, 2.05) is 32.0 Å². The lowest BCUT2D eigenvalue weighted by Crippen LogP contribution is -2.52. The third kappa shape index (κ3) is 5.48. The molecule has 1 aromatic carbocycles. The number of benzene rings is 1. The van der Waals surface area contributed by atoms with Gasteiger partial charge in [-0.3, -0.25) is 14.2 Å². The molecular formula is C27H33N3O7. The maximum atomic E-state index is 13.9. The number of pyridine rings is 1. The molecule has 3 aromatic rings. The number of Topliss-reactive ketones (excluding diaryl/α,β-unsaturated/α-hetero) is 1. The van der Waals surface area contributed by atoms with Crippen molar-refractivity contribution < 1.29 is 23.8 Å². The van der Waals surface area contributed by atoms with Crippen LogP contribution in [0.25, 0.3) is 11.0 Å². The zero-order valence-electron chi connectivity index (χ0n) is 22.2. The molecule has 0 radical (unpaired) electrons. The molecule has 2 aromatic heterocycles. The predicted octanol–water partition coefficient (Wildman–Crippen LogP) is 3.23. The summed E-state index contributed by atoms with van der Waals surface area (Å²) in [5.41, 5.74) is -2.25. The van der Waals surface area contributed by atoms with Crippen LogP contribution in [0.3, 0.4) is 0 Å². The number of fused-ring (bicyclic) bond motifs is 1. The first-order valence-electron chi connectivity index (χ1n) is 12.1. The molecule has 0 aliphatic heterocycles. The third-order valence-electron chi connectivity index (χ3n) is 6.17. The molecule has 0 amide bonds. The van der Waals surface area contributed by atoms with Crippen LogP contribution in [0.15, 0.2) is 46.0 Å². The molecule has 0 unspecified atom stereocenters. The molecule has 0 aliphatic rings. The van der Waals surface area contributed by atoms with Crippen LogP contribution in [0.2, 0.25) is 0 Å². The van der Waals surface area contributed by atoms with E-state index in [9.17, 15) is 19.2 Å². The number of nitrogens with zero attached hydrogens (tertiary/aromatic N) is 3. The van der Waals surface area contributed by atoms with Crippen LogP contribution in [0, 0.1) is 0 Å². The highest BCUT2D eigenvalue weighted by atomic mass is 16.5. The van der Waals surface area contributed by atoms with E-state index in [-0.39, 0.29) is 41.8 Å². The highest BCUT2D eigenvalue weighted by molar-refractivity contribution is 5.90. The van der Waals surface area contributed by atoms with Gasteiger partial charge in [0.2, 0.25) is 0 Å². The van der Waals surface area contributed by atoms with E-state index in [1.54, 1.807) is 20.1 Å². The van der Waals surface area contributed by atoms with E-state index in [1.165, 1.54) is 37.5 Å². The summed E-state index contributed by atoms with van der Waals surface area (Å²) < 4.78 is 19.0. The van der Waals surface area contributed by atoms with Gasteiger partial charge in [0.15, 0.2) is 11.3 Å². The predicted molar refractivity (Wildman–Crippen MR) is 138 cm³/mol. The Balaban J connectivity index is 2.36. The fourth-order valence-electron chi connectivity index (χ4n) is 4.03. The molecule has 0 N–H and O–H groups in total. The van der Waals surface area contributed by atoms with Gasteiger partial charge < -0.3 is 14.2 Å². The van der Waals surface area contributed by atoms with E-state index in [2.05, 4.69) is 4.98 Å². The number of rotatable bonds is 10. The van der Waals surface area contributed by atoms with Gasteiger partial charge in [-0.05, 0) is 59.7 Å². The standard InChI is InChI=1S/C27H33N3O7/c1-8-36-25(33)19-13-14-20-23(28-19)24(32)30(27(5,6)17(4)31)26(34)29(20)15-22(37-16(2)3)18-11-9-10-12-21(18)35-7/h9-14,16,22H,8,15H2,1-7H3/t22-/m0/s1. The fourth-order valence-corrected chi connectivity index (χ4v) is 4.03. The van der Waals surface area contributed by atoms with Crippen molar-refractivity contribution in [2.24, 2.45) is 0 Å². The smallest absolute Gasteiger partial charge is 0.356 e. The van der Waals surface area contributed by atoms with Gasteiger partial charge in [-0.2, -0.15) is 0 Å². The van der Waals surface area contributed by atoms with Crippen molar-refractivity contribution in [2.75, 3.05) is 13.7 Å². The minimum atomic E-state index is -1.47. The first-order chi connectivity index (χ1) is 17.4. The van der Waals surface area contributed by atoms with Crippen LogP contribution in [0.5, 0.6) is 5.75 Å². The molecule has 2 heterocycles. The topological polar surface area (TPSA) is 119 Å². The van der Waals surface area contributed by atoms with Crippen molar-refractivity contribution in [1.29, 1.82) is 0 Å². The molecule has 0 spiro atoms.